The Morgan fingerprint density at radius 2 is 2.03 bits per heavy atom. The SMILES string of the molecule is CC1=C(C(C)(F)F)ON=C(N2CCC(CCCOc3ccc(C(=O)NC(C)CO)c(C)c3)CC2)CC1. The molecule has 36 heavy (non-hydrogen) atoms. The smallest absolute Gasteiger partial charge is 0.304 e. The van der Waals surface area contributed by atoms with Gasteiger partial charge in [-0.3, -0.25) is 4.79 Å². The van der Waals surface area contributed by atoms with Crippen LogP contribution < -0.4 is 10.1 Å². The maximum absolute atomic E-state index is 13.7. The van der Waals surface area contributed by atoms with E-state index in [0.29, 0.717) is 36.5 Å². The van der Waals surface area contributed by atoms with E-state index in [0.717, 1.165) is 62.8 Å². The molecule has 2 heterocycles. The largest absolute Gasteiger partial charge is 0.494 e. The zero-order valence-corrected chi connectivity index (χ0v) is 21.8. The molecule has 0 saturated carbocycles. The molecule has 3 rings (SSSR count). The molecule has 1 aromatic rings. The van der Waals surface area contributed by atoms with Crippen LogP contribution in [-0.2, 0) is 4.84 Å². The number of amidine groups is 1. The Balaban J connectivity index is 1.39. The summed E-state index contributed by atoms with van der Waals surface area (Å²) in [6.07, 6.45) is 5.19. The van der Waals surface area contributed by atoms with Crippen molar-refractivity contribution in [1.29, 1.82) is 0 Å². The van der Waals surface area contributed by atoms with Crippen molar-refractivity contribution in [2.24, 2.45) is 11.1 Å². The van der Waals surface area contributed by atoms with E-state index in [9.17, 15) is 13.6 Å². The van der Waals surface area contributed by atoms with Crippen LogP contribution in [0.4, 0.5) is 8.78 Å². The Bertz CT molecular complexity index is 966. The van der Waals surface area contributed by atoms with Crippen LogP contribution in [0.15, 0.2) is 34.7 Å². The standard InChI is InChI=1S/C27H39F2N3O4/c1-18-7-10-24(31-36-25(18)27(4,28)29)32-13-11-21(12-14-32)6-5-15-35-22-8-9-23(19(2)16-22)26(34)30-20(3)17-33/h8-9,16,20-21,33H,5-7,10-15,17H2,1-4H3,(H,30,34). The molecule has 0 aliphatic carbocycles. The van der Waals surface area contributed by atoms with Gasteiger partial charge < -0.3 is 24.9 Å². The van der Waals surface area contributed by atoms with Crippen LogP contribution in [0.25, 0.3) is 0 Å². The summed E-state index contributed by atoms with van der Waals surface area (Å²) in [5.74, 6) is -1.46. The molecule has 9 heteroatoms. The van der Waals surface area contributed by atoms with Gasteiger partial charge in [0.05, 0.1) is 13.2 Å². The van der Waals surface area contributed by atoms with Gasteiger partial charge in [0.25, 0.3) is 5.91 Å². The fourth-order valence-corrected chi connectivity index (χ4v) is 4.68. The van der Waals surface area contributed by atoms with Gasteiger partial charge in [-0.2, -0.15) is 8.78 Å². The van der Waals surface area contributed by atoms with Gasteiger partial charge in [0.15, 0.2) is 0 Å². The third-order valence-electron chi connectivity index (χ3n) is 6.85. The Morgan fingerprint density at radius 1 is 1.31 bits per heavy atom. The average molecular weight is 508 g/mol. The molecule has 1 saturated heterocycles. The van der Waals surface area contributed by atoms with Crippen LogP contribution in [0, 0.1) is 12.8 Å². The van der Waals surface area contributed by atoms with Crippen molar-refractivity contribution in [3.8, 4) is 5.75 Å². The molecule has 200 valence electrons. The predicted octanol–water partition coefficient (Wildman–Crippen LogP) is 5.03. The molecule has 2 aliphatic rings. The number of allylic oxidation sites excluding steroid dienone is 2. The van der Waals surface area contributed by atoms with Gasteiger partial charge in [0.2, 0.25) is 5.76 Å². The highest BCUT2D eigenvalue weighted by atomic mass is 19.3. The first-order valence-electron chi connectivity index (χ1n) is 12.8. The van der Waals surface area contributed by atoms with Crippen LogP contribution in [0.1, 0.15) is 75.2 Å². The second-order valence-corrected chi connectivity index (χ2v) is 10.1. The third kappa shape index (κ3) is 7.66. The predicted molar refractivity (Wildman–Crippen MR) is 135 cm³/mol. The van der Waals surface area contributed by atoms with Crippen LogP contribution in [0.2, 0.25) is 0 Å². The number of benzene rings is 1. The minimum atomic E-state index is -3.02. The zero-order chi connectivity index (χ0) is 26.3. The number of alkyl halides is 2. The number of hydrogen-bond donors (Lipinski definition) is 2. The van der Waals surface area contributed by atoms with Crippen LogP contribution in [0.5, 0.6) is 5.75 Å². The van der Waals surface area contributed by atoms with Gasteiger partial charge in [-0.05, 0) is 88.1 Å². The lowest BCUT2D eigenvalue weighted by molar-refractivity contribution is -0.00690. The first kappa shape index (κ1) is 27.9. The van der Waals surface area contributed by atoms with Crippen LogP contribution in [-0.4, -0.2) is 60.0 Å². The molecule has 0 bridgehead atoms. The number of ether oxygens (including phenoxy) is 1. The number of likely N-dealkylation sites (tertiary alicyclic amines) is 1. The van der Waals surface area contributed by atoms with Crippen molar-refractivity contribution in [3.63, 3.8) is 0 Å². The van der Waals surface area contributed by atoms with E-state index in [1.807, 2.05) is 13.0 Å². The number of amides is 1. The Morgan fingerprint density at radius 3 is 2.67 bits per heavy atom. The minimum Gasteiger partial charge on any atom is -0.494 e. The first-order chi connectivity index (χ1) is 17.1. The van der Waals surface area contributed by atoms with E-state index in [2.05, 4.69) is 15.4 Å². The van der Waals surface area contributed by atoms with Gasteiger partial charge >= 0.3 is 5.92 Å². The fraction of sp³-hybridized carbons (Fsp3) is 0.630. The quantitative estimate of drug-likeness (QED) is 0.458. The first-order valence-corrected chi connectivity index (χ1v) is 12.8. The van der Waals surface area contributed by atoms with Gasteiger partial charge in [0.1, 0.15) is 11.6 Å². The molecule has 0 spiro atoms. The molecule has 0 radical (unpaired) electrons. The second-order valence-electron chi connectivity index (χ2n) is 10.1. The number of nitrogens with one attached hydrogen (secondary N) is 1. The number of hydrogen-bond acceptors (Lipinski definition) is 6. The number of carbonyl (C=O) groups excluding carboxylic acids is 1. The molecule has 2 aliphatic heterocycles. The Hall–Kier alpha value is -2.68. The summed E-state index contributed by atoms with van der Waals surface area (Å²) in [6.45, 7) is 8.35. The van der Waals surface area contributed by atoms with E-state index in [1.54, 1.807) is 26.0 Å². The lowest BCUT2D eigenvalue weighted by Gasteiger charge is -2.33. The number of halogens is 2. The minimum absolute atomic E-state index is 0.105. The van der Waals surface area contributed by atoms with E-state index < -0.39 is 5.92 Å². The Labute approximate surface area is 212 Å². The number of aliphatic hydroxyl groups excluding tert-OH is 1. The number of piperidine rings is 1. The number of oxime groups is 1. The van der Waals surface area contributed by atoms with E-state index >= 15 is 0 Å². The summed E-state index contributed by atoms with van der Waals surface area (Å²) in [5.41, 5.74) is 1.96. The number of aliphatic hydroxyl groups is 1. The van der Waals surface area contributed by atoms with Gasteiger partial charge in [-0.25, -0.2) is 0 Å². The highest BCUT2D eigenvalue weighted by molar-refractivity contribution is 5.96. The number of carbonyl (C=O) groups is 1. The highest BCUT2D eigenvalue weighted by Gasteiger charge is 2.34. The van der Waals surface area contributed by atoms with Gasteiger partial charge in [-0.1, -0.05) is 5.16 Å². The normalized spacial score (nSPS) is 18.3. The van der Waals surface area contributed by atoms with Crippen LogP contribution in [0.3, 0.4) is 0 Å². The Kier molecular flexibility index (Phi) is 9.70. The lowest BCUT2D eigenvalue weighted by atomic mass is 9.92. The second kappa shape index (κ2) is 12.5. The fourth-order valence-electron chi connectivity index (χ4n) is 4.68. The molecular weight excluding hydrogens is 468 g/mol. The van der Waals surface area contributed by atoms with Crippen molar-refractivity contribution >= 4 is 11.7 Å². The van der Waals surface area contributed by atoms with E-state index in [-0.39, 0.29) is 24.3 Å². The summed E-state index contributed by atoms with van der Waals surface area (Å²) in [4.78, 5) is 19.6. The molecule has 1 amide bonds. The molecular formula is C27H39F2N3O4. The summed E-state index contributed by atoms with van der Waals surface area (Å²) < 4.78 is 33.4. The molecule has 2 N–H and O–H groups in total. The van der Waals surface area contributed by atoms with E-state index in [1.165, 1.54) is 0 Å². The monoisotopic (exact) mass is 507 g/mol. The van der Waals surface area contributed by atoms with Crippen LogP contribution >= 0.6 is 0 Å². The van der Waals surface area contributed by atoms with Crippen molar-refractivity contribution in [1.82, 2.24) is 10.2 Å². The summed E-state index contributed by atoms with van der Waals surface area (Å²) in [6, 6.07) is 5.12. The summed E-state index contributed by atoms with van der Waals surface area (Å²) >= 11 is 0. The summed E-state index contributed by atoms with van der Waals surface area (Å²) in [7, 11) is 0. The number of nitrogens with zero attached hydrogens (tertiary/aromatic N) is 2. The molecule has 1 aromatic carbocycles. The maximum Gasteiger partial charge on any atom is 0.304 e. The lowest BCUT2D eigenvalue weighted by Crippen LogP contribution is -2.38. The molecule has 1 fully saturated rings. The number of aryl methyl sites for hydroxylation is 1. The molecule has 7 nitrogen and oxygen atoms in total. The van der Waals surface area contributed by atoms with Gasteiger partial charge in [0, 0.05) is 38.0 Å². The molecule has 1 atom stereocenters. The van der Waals surface area contributed by atoms with Crippen molar-refractivity contribution in [2.45, 2.75) is 78.2 Å². The van der Waals surface area contributed by atoms with E-state index in [4.69, 9.17) is 14.7 Å². The topological polar surface area (TPSA) is 83.4 Å². The van der Waals surface area contributed by atoms with Gasteiger partial charge in [-0.15, -0.1) is 0 Å². The summed E-state index contributed by atoms with van der Waals surface area (Å²) in [5, 5.41) is 15.9. The third-order valence-corrected chi connectivity index (χ3v) is 6.85. The maximum atomic E-state index is 13.7. The zero-order valence-electron chi connectivity index (χ0n) is 21.8. The van der Waals surface area contributed by atoms with Crippen molar-refractivity contribution in [2.75, 3.05) is 26.3 Å². The number of rotatable bonds is 9. The van der Waals surface area contributed by atoms with Crippen molar-refractivity contribution in [3.05, 3.63) is 40.7 Å². The molecule has 0 aromatic heterocycles. The highest BCUT2D eigenvalue weighted by Crippen LogP contribution is 2.32. The molecule has 1 unspecified atom stereocenters. The average Bonchev–Trinajstić information content (AvgIpc) is 3.03. The van der Waals surface area contributed by atoms with Crippen molar-refractivity contribution < 1.29 is 28.3 Å².